The van der Waals surface area contributed by atoms with E-state index in [0.29, 0.717) is 0 Å². The molecule has 0 saturated heterocycles. The highest BCUT2D eigenvalue weighted by Gasteiger charge is 2.20. The van der Waals surface area contributed by atoms with E-state index in [2.05, 4.69) is 5.32 Å². The molecular weight excluding hydrogens is 240 g/mol. The number of carboxylic acid groups (broad SMARTS) is 1. The SMILES string of the molecule is CC(C)OC(=O)C(C)CNC(=O)C(N)CC(=O)O. The number of hydrogen-bond acceptors (Lipinski definition) is 5. The Hall–Kier alpha value is -1.63. The molecule has 0 rings (SSSR count). The molecule has 0 heterocycles. The zero-order chi connectivity index (χ0) is 14.3. The molecule has 2 atom stereocenters. The van der Waals surface area contributed by atoms with Crippen molar-refractivity contribution in [1.82, 2.24) is 5.32 Å². The average molecular weight is 260 g/mol. The summed E-state index contributed by atoms with van der Waals surface area (Å²) >= 11 is 0. The normalized spacial score (nSPS) is 13.8. The van der Waals surface area contributed by atoms with E-state index in [9.17, 15) is 14.4 Å². The lowest BCUT2D eigenvalue weighted by Crippen LogP contribution is -2.44. The van der Waals surface area contributed by atoms with E-state index < -0.39 is 36.2 Å². The summed E-state index contributed by atoms with van der Waals surface area (Å²) in [5, 5.41) is 10.9. The first-order valence-corrected chi connectivity index (χ1v) is 5.69. The molecular formula is C11H20N2O5. The van der Waals surface area contributed by atoms with Gasteiger partial charge >= 0.3 is 11.9 Å². The van der Waals surface area contributed by atoms with Crippen LogP contribution in [0.1, 0.15) is 27.2 Å². The van der Waals surface area contributed by atoms with Gasteiger partial charge in [-0.2, -0.15) is 0 Å². The molecule has 0 aliphatic carbocycles. The van der Waals surface area contributed by atoms with Crippen molar-refractivity contribution in [2.24, 2.45) is 11.7 Å². The van der Waals surface area contributed by atoms with E-state index >= 15 is 0 Å². The Balaban J connectivity index is 4.04. The molecule has 0 spiro atoms. The molecule has 0 aliphatic heterocycles. The second-order valence-corrected chi connectivity index (χ2v) is 4.34. The molecule has 104 valence electrons. The number of carbonyl (C=O) groups excluding carboxylic acids is 2. The molecule has 1 amide bonds. The van der Waals surface area contributed by atoms with Gasteiger partial charge in [-0.1, -0.05) is 6.92 Å². The Morgan fingerprint density at radius 1 is 1.28 bits per heavy atom. The van der Waals surface area contributed by atoms with Crippen LogP contribution in [0.2, 0.25) is 0 Å². The molecule has 0 saturated carbocycles. The van der Waals surface area contributed by atoms with Crippen LogP contribution in [0.4, 0.5) is 0 Å². The van der Waals surface area contributed by atoms with Crippen molar-refractivity contribution in [3.8, 4) is 0 Å². The molecule has 0 aromatic rings. The van der Waals surface area contributed by atoms with Crippen LogP contribution < -0.4 is 11.1 Å². The van der Waals surface area contributed by atoms with Crippen LogP contribution in [0, 0.1) is 5.92 Å². The lowest BCUT2D eigenvalue weighted by Gasteiger charge is -2.15. The van der Waals surface area contributed by atoms with Crippen LogP contribution in [0.5, 0.6) is 0 Å². The standard InChI is InChI=1S/C11H20N2O5/c1-6(2)18-11(17)7(3)5-13-10(16)8(12)4-9(14)15/h6-8H,4-5,12H2,1-3H3,(H,13,16)(H,14,15). The third-order valence-corrected chi connectivity index (χ3v) is 2.07. The van der Waals surface area contributed by atoms with Gasteiger partial charge in [0.05, 0.1) is 24.5 Å². The predicted molar refractivity (Wildman–Crippen MR) is 63.6 cm³/mol. The Morgan fingerprint density at radius 2 is 1.83 bits per heavy atom. The van der Waals surface area contributed by atoms with Crippen LogP contribution in [0.3, 0.4) is 0 Å². The molecule has 0 aromatic heterocycles. The van der Waals surface area contributed by atoms with Crippen LogP contribution in [0.15, 0.2) is 0 Å². The number of esters is 1. The lowest BCUT2D eigenvalue weighted by atomic mass is 10.1. The minimum atomic E-state index is -1.15. The Morgan fingerprint density at radius 3 is 2.28 bits per heavy atom. The molecule has 2 unspecified atom stereocenters. The van der Waals surface area contributed by atoms with Gasteiger partial charge in [0.25, 0.3) is 0 Å². The second-order valence-electron chi connectivity index (χ2n) is 4.34. The Bertz CT molecular complexity index is 317. The monoisotopic (exact) mass is 260 g/mol. The Kier molecular flexibility index (Phi) is 6.96. The summed E-state index contributed by atoms with van der Waals surface area (Å²) in [5.41, 5.74) is 5.35. The maximum atomic E-state index is 11.4. The number of nitrogens with one attached hydrogen (secondary N) is 1. The molecule has 0 aromatic carbocycles. The molecule has 0 fully saturated rings. The van der Waals surface area contributed by atoms with Crippen molar-refractivity contribution in [2.45, 2.75) is 39.3 Å². The predicted octanol–water partition coefficient (Wildman–Crippen LogP) is -0.508. The minimum absolute atomic E-state index is 0.0672. The fraction of sp³-hybridized carbons (Fsp3) is 0.727. The number of amides is 1. The summed E-state index contributed by atoms with van der Waals surface area (Å²) in [6.07, 6.45) is -0.665. The molecule has 7 heteroatoms. The second kappa shape index (κ2) is 7.65. The van der Waals surface area contributed by atoms with Crippen molar-refractivity contribution < 1.29 is 24.2 Å². The van der Waals surface area contributed by atoms with E-state index in [1.807, 2.05) is 0 Å². The summed E-state index contributed by atoms with van der Waals surface area (Å²) < 4.78 is 4.95. The summed E-state index contributed by atoms with van der Waals surface area (Å²) in [6, 6.07) is -1.11. The first kappa shape index (κ1) is 16.4. The number of carboxylic acids is 1. The number of nitrogens with two attached hydrogens (primary N) is 1. The molecule has 0 radical (unpaired) electrons. The Labute approximate surface area is 106 Å². The quantitative estimate of drug-likeness (QED) is 0.530. The third kappa shape index (κ3) is 6.85. The maximum absolute atomic E-state index is 11.4. The van der Waals surface area contributed by atoms with Gasteiger partial charge in [-0.15, -0.1) is 0 Å². The van der Waals surface area contributed by atoms with Gasteiger partial charge in [0.15, 0.2) is 0 Å². The zero-order valence-corrected chi connectivity index (χ0v) is 10.8. The van der Waals surface area contributed by atoms with Gasteiger partial charge in [0.1, 0.15) is 0 Å². The van der Waals surface area contributed by atoms with Crippen LogP contribution in [0.25, 0.3) is 0 Å². The summed E-state index contributed by atoms with van der Waals surface area (Å²) in [7, 11) is 0. The summed E-state index contributed by atoms with van der Waals surface area (Å²) in [5.74, 6) is -2.67. The van der Waals surface area contributed by atoms with Gasteiger partial charge in [-0.25, -0.2) is 0 Å². The zero-order valence-electron chi connectivity index (χ0n) is 10.8. The maximum Gasteiger partial charge on any atom is 0.310 e. The highest BCUT2D eigenvalue weighted by atomic mass is 16.5. The number of hydrogen-bond donors (Lipinski definition) is 3. The van der Waals surface area contributed by atoms with Crippen molar-refractivity contribution in [3.05, 3.63) is 0 Å². The van der Waals surface area contributed by atoms with E-state index in [1.54, 1.807) is 20.8 Å². The van der Waals surface area contributed by atoms with Crippen LogP contribution in [-0.4, -0.2) is 41.6 Å². The fourth-order valence-corrected chi connectivity index (χ4v) is 1.10. The average Bonchev–Trinajstić information content (AvgIpc) is 2.23. The van der Waals surface area contributed by atoms with Crippen molar-refractivity contribution >= 4 is 17.8 Å². The fourth-order valence-electron chi connectivity index (χ4n) is 1.10. The van der Waals surface area contributed by atoms with Gasteiger partial charge in [0, 0.05) is 6.54 Å². The molecule has 7 nitrogen and oxygen atoms in total. The number of aliphatic carboxylic acids is 1. The molecule has 0 aliphatic rings. The van der Waals surface area contributed by atoms with Gasteiger partial charge in [-0.05, 0) is 13.8 Å². The number of carbonyl (C=O) groups is 3. The van der Waals surface area contributed by atoms with E-state index in [0.717, 1.165) is 0 Å². The number of rotatable bonds is 7. The minimum Gasteiger partial charge on any atom is -0.481 e. The number of ether oxygens (including phenoxy) is 1. The summed E-state index contributed by atoms with van der Waals surface area (Å²) in [4.78, 5) is 33.1. The summed E-state index contributed by atoms with van der Waals surface area (Å²) in [6.45, 7) is 5.13. The highest BCUT2D eigenvalue weighted by molar-refractivity contribution is 5.86. The molecule has 18 heavy (non-hydrogen) atoms. The topological polar surface area (TPSA) is 119 Å². The van der Waals surface area contributed by atoms with Gasteiger partial charge in [0.2, 0.25) is 5.91 Å². The molecule has 0 bridgehead atoms. The van der Waals surface area contributed by atoms with Crippen molar-refractivity contribution in [3.63, 3.8) is 0 Å². The highest BCUT2D eigenvalue weighted by Crippen LogP contribution is 2.00. The van der Waals surface area contributed by atoms with E-state index in [1.165, 1.54) is 0 Å². The smallest absolute Gasteiger partial charge is 0.310 e. The largest absolute Gasteiger partial charge is 0.481 e. The van der Waals surface area contributed by atoms with Gasteiger partial charge < -0.3 is 20.9 Å². The van der Waals surface area contributed by atoms with Gasteiger partial charge in [-0.3, -0.25) is 14.4 Å². The van der Waals surface area contributed by atoms with Crippen LogP contribution in [-0.2, 0) is 19.1 Å². The van der Waals surface area contributed by atoms with E-state index in [4.69, 9.17) is 15.6 Å². The first-order valence-electron chi connectivity index (χ1n) is 5.69. The van der Waals surface area contributed by atoms with Crippen molar-refractivity contribution in [2.75, 3.05) is 6.54 Å². The first-order chi connectivity index (χ1) is 8.23. The van der Waals surface area contributed by atoms with Crippen LogP contribution >= 0.6 is 0 Å². The lowest BCUT2D eigenvalue weighted by molar-refractivity contribution is -0.151. The van der Waals surface area contributed by atoms with E-state index in [-0.39, 0.29) is 12.6 Å². The van der Waals surface area contributed by atoms with Crippen molar-refractivity contribution in [1.29, 1.82) is 0 Å². The third-order valence-electron chi connectivity index (χ3n) is 2.07. The molecule has 4 N–H and O–H groups in total.